The Labute approximate surface area is 110 Å². The Kier molecular flexibility index (Phi) is 3.54. The maximum Gasteiger partial charge on any atom is 0.255 e. The molecule has 4 heteroatoms. The second kappa shape index (κ2) is 4.78. The van der Waals surface area contributed by atoms with Gasteiger partial charge in [-0.2, -0.15) is 0 Å². The number of carbonyl (C=O) groups excluding carboxylic acids is 1. The Morgan fingerprint density at radius 2 is 2.18 bits per heavy atom. The van der Waals surface area contributed by atoms with Gasteiger partial charge in [-0.25, -0.2) is 0 Å². The highest BCUT2D eigenvalue weighted by Gasteiger charge is 2.30. The molecule has 0 aromatic heterocycles. The fourth-order valence-corrected chi connectivity index (χ4v) is 2.55. The molecule has 1 aliphatic heterocycles. The molecule has 0 radical (unpaired) electrons. The van der Waals surface area contributed by atoms with E-state index in [0.29, 0.717) is 12.5 Å². The molecule has 1 saturated heterocycles. The summed E-state index contributed by atoms with van der Waals surface area (Å²) in [5.74, 6) is 0.447. The van der Waals surface area contributed by atoms with Crippen molar-refractivity contribution >= 4 is 21.8 Å². The lowest BCUT2D eigenvalue weighted by atomic mass is 10.1. The number of hydrogen-bond acceptors (Lipinski definition) is 2. The number of benzene rings is 1. The van der Waals surface area contributed by atoms with Gasteiger partial charge in [0.1, 0.15) is 0 Å². The average molecular weight is 297 g/mol. The fourth-order valence-electron chi connectivity index (χ4n) is 2.13. The molecule has 0 bridgehead atoms. The largest absolute Gasteiger partial charge is 0.337 e. The van der Waals surface area contributed by atoms with Gasteiger partial charge in [0.25, 0.3) is 5.91 Å². The van der Waals surface area contributed by atoms with Crippen molar-refractivity contribution in [3.63, 3.8) is 0 Å². The van der Waals surface area contributed by atoms with Gasteiger partial charge in [-0.3, -0.25) is 4.79 Å². The highest BCUT2D eigenvalue weighted by molar-refractivity contribution is 9.10. The highest BCUT2D eigenvalue weighted by atomic mass is 79.9. The van der Waals surface area contributed by atoms with Gasteiger partial charge in [-0.1, -0.05) is 18.6 Å². The lowest BCUT2D eigenvalue weighted by Gasteiger charge is -2.17. The lowest BCUT2D eigenvalue weighted by molar-refractivity contribution is 0.0786. The third kappa shape index (κ3) is 2.53. The van der Waals surface area contributed by atoms with Crippen molar-refractivity contribution in [1.29, 1.82) is 0 Å². The maximum atomic E-state index is 12.4. The fraction of sp³-hybridized carbons (Fsp3) is 0.462. The number of likely N-dealkylation sites (tertiary alicyclic amines) is 1. The maximum absolute atomic E-state index is 12.4. The average Bonchev–Trinajstić information content (AvgIpc) is 2.62. The van der Waals surface area contributed by atoms with E-state index < -0.39 is 0 Å². The van der Waals surface area contributed by atoms with E-state index in [2.05, 4.69) is 22.9 Å². The van der Waals surface area contributed by atoms with Crippen molar-refractivity contribution in [2.45, 2.75) is 19.9 Å². The molecule has 2 atom stereocenters. The molecule has 1 aliphatic rings. The molecule has 1 fully saturated rings. The van der Waals surface area contributed by atoms with Gasteiger partial charge in [0.05, 0.1) is 5.56 Å². The zero-order chi connectivity index (χ0) is 12.6. The zero-order valence-corrected chi connectivity index (χ0v) is 11.7. The number of aryl methyl sites for hydroxylation is 1. The quantitative estimate of drug-likeness (QED) is 0.863. The summed E-state index contributed by atoms with van der Waals surface area (Å²) in [5.41, 5.74) is 7.77. The van der Waals surface area contributed by atoms with Gasteiger partial charge in [0.15, 0.2) is 0 Å². The molecule has 3 nitrogen and oxygen atoms in total. The Hall–Kier alpha value is -0.870. The number of nitrogens with two attached hydrogens (primary N) is 1. The molecule has 2 unspecified atom stereocenters. The van der Waals surface area contributed by atoms with Crippen LogP contribution in [0.25, 0.3) is 0 Å². The van der Waals surface area contributed by atoms with Crippen molar-refractivity contribution in [3.05, 3.63) is 33.8 Å². The van der Waals surface area contributed by atoms with E-state index in [4.69, 9.17) is 5.73 Å². The summed E-state index contributed by atoms with van der Waals surface area (Å²) in [6.45, 7) is 5.48. The molecular weight excluding hydrogens is 280 g/mol. The molecule has 1 heterocycles. The van der Waals surface area contributed by atoms with E-state index in [-0.39, 0.29) is 11.9 Å². The zero-order valence-electron chi connectivity index (χ0n) is 10.1. The van der Waals surface area contributed by atoms with Crippen molar-refractivity contribution in [1.82, 2.24) is 4.90 Å². The van der Waals surface area contributed by atoms with Crippen molar-refractivity contribution < 1.29 is 4.79 Å². The van der Waals surface area contributed by atoms with E-state index >= 15 is 0 Å². The van der Waals surface area contributed by atoms with E-state index in [1.54, 1.807) is 0 Å². The first-order valence-electron chi connectivity index (χ1n) is 5.80. The van der Waals surface area contributed by atoms with Crippen LogP contribution in [0.2, 0.25) is 0 Å². The number of nitrogens with zero attached hydrogens (tertiary/aromatic N) is 1. The Balaban J connectivity index is 2.23. The minimum absolute atomic E-state index is 0.0698. The third-order valence-electron chi connectivity index (χ3n) is 3.31. The van der Waals surface area contributed by atoms with Crippen molar-refractivity contribution in [2.24, 2.45) is 11.7 Å². The summed E-state index contributed by atoms with van der Waals surface area (Å²) in [5, 5.41) is 0. The van der Waals surface area contributed by atoms with Gasteiger partial charge in [-0.05, 0) is 40.9 Å². The van der Waals surface area contributed by atoms with Crippen LogP contribution in [0.5, 0.6) is 0 Å². The Morgan fingerprint density at radius 3 is 2.76 bits per heavy atom. The predicted molar refractivity (Wildman–Crippen MR) is 71.9 cm³/mol. The van der Waals surface area contributed by atoms with Crippen LogP contribution in [0, 0.1) is 12.8 Å². The van der Waals surface area contributed by atoms with Gasteiger partial charge < -0.3 is 10.6 Å². The SMILES string of the molecule is Cc1ccc(Br)c(C(=O)N2CC(C)C(N)C2)c1. The number of amides is 1. The molecule has 1 amide bonds. The molecule has 0 spiro atoms. The Morgan fingerprint density at radius 1 is 1.47 bits per heavy atom. The summed E-state index contributed by atoms with van der Waals surface area (Å²) in [6, 6.07) is 5.92. The normalized spacial score (nSPS) is 24.1. The smallest absolute Gasteiger partial charge is 0.255 e. The molecule has 92 valence electrons. The van der Waals surface area contributed by atoms with E-state index in [1.807, 2.05) is 30.0 Å². The van der Waals surface area contributed by atoms with Crippen LogP contribution >= 0.6 is 15.9 Å². The number of rotatable bonds is 1. The molecule has 0 saturated carbocycles. The van der Waals surface area contributed by atoms with Gasteiger partial charge >= 0.3 is 0 Å². The molecule has 2 rings (SSSR count). The van der Waals surface area contributed by atoms with Crippen LogP contribution in [-0.2, 0) is 0 Å². The van der Waals surface area contributed by atoms with Gasteiger partial charge in [-0.15, -0.1) is 0 Å². The van der Waals surface area contributed by atoms with Crippen LogP contribution in [0.4, 0.5) is 0 Å². The molecule has 1 aromatic rings. The molecule has 0 aliphatic carbocycles. The summed E-state index contributed by atoms with van der Waals surface area (Å²) >= 11 is 3.43. The van der Waals surface area contributed by atoms with Crippen LogP contribution in [0.3, 0.4) is 0 Å². The minimum atomic E-state index is 0.0698. The number of hydrogen-bond donors (Lipinski definition) is 1. The monoisotopic (exact) mass is 296 g/mol. The van der Waals surface area contributed by atoms with E-state index in [0.717, 1.165) is 22.1 Å². The molecule has 1 aromatic carbocycles. The minimum Gasteiger partial charge on any atom is -0.337 e. The summed E-state index contributed by atoms with van der Waals surface area (Å²) in [6.07, 6.45) is 0. The van der Waals surface area contributed by atoms with Crippen molar-refractivity contribution in [2.75, 3.05) is 13.1 Å². The van der Waals surface area contributed by atoms with Crippen LogP contribution in [0.15, 0.2) is 22.7 Å². The van der Waals surface area contributed by atoms with E-state index in [1.165, 1.54) is 0 Å². The highest BCUT2D eigenvalue weighted by Crippen LogP contribution is 2.23. The van der Waals surface area contributed by atoms with Crippen molar-refractivity contribution in [3.8, 4) is 0 Å². The summed E-state index contributed by atoms with van der Waals surface area (Å²) in [4.78, 5) is 14.2. The third-order valence-corrected chi connectivity index (χ3v) is 4.00. The first kappa shape index (κ1) is 12.6. The first-order valence-corrected chi connectivity index (χ1v) is 6.59. The Bertz CT molecular complexity index is 437. The molecule has 2 N–H and O–H groups in total. The molecule has 17 heavy (non-hydrogen) atoms. The standard InChI is InChI=1S/C13H17BrN2O/c1-8-3-4-11(14)10(5-8)13(17)16-6-9(2)12(15)7-16/h3-5,9,12H,6-7,15H2,1-2H3. The number of carbonyl (C=O) groups is 1. The van der Waals surface area contributed by atoms with Crippen LogP contribution in [0.1, 0.15) is 22.8 Å². The van der Waals surface area contributed by atoms with Gasteiger partial charge in [0, 0.05) is 23.6 Å². The van der Waals surface area contributed by atoms with Gasteiger partial charge in [0.2, 0.25) is 0 Å². The number of halogens is 1. The first-order chi connectivity index (χ1) is 7.99. The van der Waals surface area contributed by atoms with Crippen LogP contribution < -0.4 is 5.73 Å². The topological polar surface area (TPSA) is 46.3 Å². The second-order valence-corrected chi connectivity index (χ2v) is 5.69. The second-order valence-electron chi connectivity index (χ2n) is 4.83. The van der Waals surface area contributed by atoms with Crippen LogP contribution in [-0.4, -0.2) is 29.9 Å². The summed E-state index contributed by atoms with van der Waals surface area (Å²) < 4.78 is 0.848. The summed E-state index contributed by atoms with van der Waals surface area (Å²) in [7, 11) is 0. The lowest BCUT2D eigenvalue weighted by Crippen LogP contribution is -2.32. The van der Waals surface area contributed by atoms with E-state index in [9.17, 15) is 4.79 Å². The molecular formula is C13H17BrN2O. The predicted octanol–water partition coefficient (Wildman–Crippen LogP) is 2.18.